The van der Waals surface area contributed by atoms with Crippen LogP contribution in [0.5, 0.6) is 0 Å². The van der Waals surface area contributed by atoms with Gasteiger partial charge in [-0.1, -0.05) is 0 Å². The Morgan fingerprint density at radius 1 is 1.09 bits per heavy atom. The number of pyridine rings is 1. The van der Waals surface area contributed by atoms with Crippen molar-refractivity contribution in [1.29, 1.82) is 0 Å². The molecular formula is C9H6NSe. The fourth-order valence-electron chi connectivity index (χ4n) is 1.09. The van der Waals surface area contributed by atoms with Crippen LogP contribution in [-0.2, 0) is 0 Å². The average Bonchev–Trinajstić information content (AvgIpc) is 2.06. The molecule has 0 saturated heterocycles. The first-order valence-electron chi connectivity index (χ1n) is 3.39. The molecule has 0 spiro atoms. The second kappa shape index (κ2) is 2.65. The first kappa shape index (κ1) is 6.83. The van der Waals surface area contributed by atoms with Crippen LogP contribution in [0.4, 0.5) is 0 Å². The summed E-state index contributed by atoms with van der Waals surface area (Å²) >= 11 is 2.93. The molecule has 0 N–H and O–H groups in total. The Bertz CT molecular complexity index is 379. The molecule has 53 valence electrons. The molecule has 2 heteroatoms. The number of nitrogens with zero attached hydrogens (tertiary/aromatic N) is 1. The van der Waals surface area contributed by atoms with Gasteiger partial charge in [0.2, 0.25) is 0 Å². The van der Waals surface area contributed by atoms with Gasteiger partial charge in [0.15, 0.2) is 0 Å². The van der Waals surface area contributed by atoms with Gasteiger partial charge < -0.3 is 0 Å². The second-order valence-electron chi connectivity index (χ2n) is 2.34. The molecule has 0 unspecified atom stereocenters. The van der Waals surface area contributed by atoms with Gasteiger partial charge in [0.25, 0.3) is 0 Å². The molecule has 0 bridgehead atoms. The summed E-state index contributed by atoms with van der Waals surface area (Å²) < 4.78 is 0.975. The molecule has 0 amide bonds. The molecule has 0 fully saturated rings. The van der Waals surface area contributed by atoms with Crippen molar-refractivity contribution in [1.82, 2.24) is 4.98 Å². The molecule has 0 aliphatic rings. The monoisotopic (exact) mass is 208 g/mol. The minimum absolute atomic E-state index is 0.975. The summed E-state index contributed by atoms with van der Waals surface area (Å²) in [6.45, 7) is 0. The van der Waals surface area contributed by atoms with E-state index < -0.39 is 0 Å². The van der Waals surface area contributed by atoms with Gasteiger partial charge in [0.05, 0.1) is 0 Å². The van der Waals surface area contributed by atoms with E-state index in [0.29, 0.717) is 0 Å². The number of benzene rings is 1. The topological polar surface area (TPSA) is 12.9 Å². The predicted octanol–water partition coefficient (Wildman–Crippen LogP) is 1.03. The fraction of sp³-hybridized carbons (Fsp3) is 0. The Morgan fingerprint density at radius 3 is 2.73 bits per heavy atom. The van der Waals surface area contributed by atoms with E-state index in [9.17, 15) is 0 Å². The first-order chi connectivity index (χ1) is 5.38. The Kier molecular flexibility index (Phi) is 1.65. The van der Waals surface area contributed by atoms with Crippen LogP contribution >= 0.6 is 0 Å². The van der Waals surface area contributed by atoms with Crippen molar-refractivity contribution in [3.8, 4) is 0 Å². The van der Waals surface area contributed by atoms with E-state index in [1.165, 1.54) is 10.8 Å². The summed E-state index contributed by atoms with van der Waals surface area (Å²) in [6.07, 6.45) is 1.81. The summed E-state index contributed by atoms with van der Waals surface area (Å²) in [7, 11) is 0. The Labute approximate surface area is 73.3 Å². The molecule has 0 aliphatic carbocycles. The third-order valence-electron chi connectivity index (χ3n) is 1.64. The van der Waals surface area contributed by atoms with Crippen LogP contribution in [0.3, 0.4) is 0 Å². The van der Waals surface area contributed by atoms with Gasteiger partial charge in [-0.15, -0.1) is 0 Å². The minimum atomic E-state index is 0.975. The molecule has 1 radical (unpaired) electrons. The van der Waals surface area contributed by atoms with Crippen LogP contribution in [0.2, 0.25) is 0 Å². The molecule has 0 aliphatic heterocycles. The van der Waals surface area contributed by atoms with Gasteiger partial charge in [-0.3, -0.25) is 0 Å². The third-order valence-corrected chi connectivity index (χ3v) is 2.32. The van der Waals surface area contributed by atoms with E-state index in [0.717, 1.165) is 4.59 Å². The van der Waals surface area contributed by atoms with Crippen LogP contribution in [0.25, 0.3) is 10.8 Å². The van der Waals surface area contributed by atoms with Crippen molar-refractivity contribution in [2.75, 3.05) is 0 Å². The maximum absolute atomic E-state index is 4.15. The Balaban J connectivity index is 2.91. The number of rotatable bonds is 0. The van der Waals surface area contributed by atoms with Crippen LogP contribution < -0.4 is 4.59 Å². The van der Waals surface area contributed by atoms with E-state index >= 15 is 0 Å². The standard InChI is InChI=1S/C9H6NSe/c11-9-8-4-2-1-3-7(8)5-6-10-9/h1-6H. The van der Waals surface area contributed by atoms with Crippen molar-refractivity contribution in [3.05, 3.63) is 36.5 Å². The van der Waals surface area contributed by atoms with E-state index in [4.69, 9.17) is 0 Å². The van der Waals surface area contributed by atoms with E-state index in [1.807, 2.05) is 24.4 Å². The van der Waals surface area contributed by atoms with Crippen molar-refractivity contribution >= 4 is 31.4 Å². The summed E-state index contributed by atoms with van der Waals surface area (Å²) in [4.78, 5) is 4.15. The number of hydrogen-bond donors (Lipinski definition) is 0. The molecule has 2 aromatic rings. The van der Waals surface area contributed by atoms with Gasteiger partial charge in [-0.25, -0.2) is 0 Å². The predicted molar refractivity (Wildman–Crippen MR) is 47.1 cm³/mol. The zero-order chi connectivity index (χ0) is 7.68. The van der Waals surface area contributed by atoms with Gasteiger partial charge in [-0.2, -0.15) is 0 Å². The quantitative estimate of drug-likeness (QED) is 0.588. The zero-order valence-corrected chi connectivity index (χ0v) is 7.53. The molecule has 1 heterocycles. The van der Waals surface area contributed by atoms with Crippen LogP contribution in [0.15, 0.2) is 36.5 Å². The Morgan fingerprint density at radius 2 is 1.91 bits per heavy atom. The number of aromatic nitrogens is 1. The fourth-order valence-corrected chi connectivity index (χ4v) is 1.61. The zero-order valence-electron chi connectivity index (χ0n) is 5.82. The van der Waals surface area contributed by atoms with Crippen LogP contribution in [0, 0.1) is 0 Å². The molecule has 0 atom stereocenters. The van der Waals surface area contributed by atoms with Crippen LogP contribution in [-0.4, -0.2) is 21.0 Å². The molecule has 11 heavy (non-hydrogen) atoms. The van der Waals surface area contributed by atoms with Crippen molar-refractivity contribution in [2.24, 2.45) is 0 Å². The van der Waals surface area contributed by atoms with Gasteiger partial charge >= 0.3 is 72.9 Å². The molecule has 2 rings (SSSR count). The maximum atomic E-state index is 4.15. The summed E-state index contributed by atoms with van der Waals surface area (Å²) in [5.74, 6) is 0. The third kappa shape index (κ3) is 1.15. The van der Waals surface area contributed by atoms with Gasteiger partial charge in [-0.05, 0) is 0 Å². The van der Waals surface area contributed by atoms with Gasteiger partial charge in [0.1, 0.15) is 0 Å². The second-order valence-corrected chi connectivity index (χ2v) is 3.15. The molecule has 0 saturated carbocycles. The van der Waals surface area contributed by atoms with Crippen molar-refractivity contribution < 1.29 is 0 Å². The van der Waals surface area contributed by atoms with Gasteiger partial charge in [0, 0.05) is 0 Å². The SMILES string of the molecule is [Se]c1nccc2ccccc12. The Hall–Kier alpha value is -0.851. The van der Waals surface area contributed by atoms with E-state index in [-0.39, 0.29) is 0 Å². The number of hydrogen-bond acceptors (Lipinski definition) is 1. The normalized spacial score (nSPS) is 10.2. The summed E-state index contributed by atoms with van der Waals surface area (Å²) in [5.41, 5.74) is 0. The van der Waals surface area contributed by atoms with E-state index in [2.05, 4.69) is 33.1 Å². The summed E-state index contributed by atoms with van der Waals surface area (Å²) in [6, 6.07) is 10.2. The van der Waals surface area contributed by atoms with Crippen molar-refractivity contribution in [3.63, 3.8) is 0 Å². The van der Waals surface area contributed by atoms with E-state index in [1.54, 1.807) is 0 Å². The summed E-state index contributed by atoms with van der Waals surface area (Å²) in [5, 5.41) is 2.42. The molecule has 1 nitrogen and oxygen atoms in total. The van der Waals surface area contributed by atoms with Crippen LogP contribution in [0.1, 0.15) is 0 Å². The van der Waals surface area contributed by atoms with Crippen molar-refractivity contribution in [2.45, 2.75) is 0 Å². The molecule has 1 aromatic heterocycles. The first-order valence-corrected chi connectivity index (χ1v) is 4.24. The number of fused-ring (bicyclic) bond motifs is 1. The molecule has 1 aromatic carbocycles. The molecular weight excluding hydrogens is 201 g/mol. The average molecular weight is 207 g/mol.